The van der Waals surface area contributed by atoms with E-state index in [0.29, 0.717) is 29.5 Å². The number of aliphatic hydroxyl groups excluding tert-OH is 1. The first kappa shape index (κ1) is 18.6. The molecule has 6 rings (SSSR count). The Balaban J connectivity index is 1.37. The van der Waals surface area contributed by atoms with Crippen LogP contribution in [0.5, 0.6) is 0 Å². The summed E-state index contributed by atoms with van der Waals surface area (Å²) >= 11 is 0. The number of nitrogen functional groups attached to an aromatic ring is 1. The Morgan fingerprint density at radius 3 is 2.74 bits per heavy atom. The summed E-state index contributed by atoms with van der Waals surface area (Å²) in [6.07, 6.45) is 9.22. The van der Waals surface area contributed by atoms with Gasteiger partial charge in [0.1, 0.15) is 17.8 Å². The summed E-state index contributed by atoms with van der Waals surface area (Å²) in [6, 6.07) is 2.13. The van der Waals surface area contributed by atoms with Crippen molar-refractivity contribution in [1.82, 2.24) is 29.6 Å². The zero-order valence-electron chi connectivity index (χ0n) is 17.2. The van der Waals surface area contributed by atoms with E-state index < -0.39 is 6.10 Å². The standard InChI is InChI=1S/C22H25N7O2/c23-20-17-19(15-10-13-2-1-3-16(30)18(13)26-15)27-29(21(17)25-11-24-20)14-6-8-28(9-7-14)22(31)12-4-5-12/h1-2,10-12,14,16,26,30H,3-9H2,(H2,23,24,25). The number of aliphatic hydroxyl groups is 1. The van der Waals surface area contributed by atoms with E-state index >= 15 is 0 Å². The maximum Gasteiger partial charge on any atom is 0.225 e. The van der Waals surface area contributed by atoms with Gasteiger partial charge in [-0.1, -0.05) is 12.2 Å². The van der Waals surface area contributed by atoms with Crippen LogP contribution in [0.4, 0.5) is 5.82 Å². The fourth-order valence-corrected chi connectivity index (χ4v) is 4.83. The number of carbonyl (C=O) groups is 1. The van der Waals surface area contributed by atoms with E-state index in [0.717, 1.165) is 61.1 Å². The third-order valence-corrected chi connectivity index (χ3v) is 6.69. The lowest BCUT2D eigenvalue weighted by atomic mass is 10.0. The van der Waals surface area contributed by atoms with Crippen LogP contribution in [-0.2, 0) is 4.79 Å². The normalized spacial score (nSPS) is 21.6. The van der Waals surface area contributed by atoms with Crippen LogP contribution in [0.25, 0.3) is 28.5 Å². The summed E-state index contributed by atoms with van der Waals surface area (Å²) in [7, 11) is 0. The molecule has 2 aliphatic carbocycles. The molecule has 160 valence electrons. The van der Waals surface area contributed by atoms with Crippen molar-refractivity contribution in [3.05, 3.63) is 29.7 Å². The number of hydrogen-bond donors (Lipinski definition) is 3. The van der Waals surface area contributed by atoms with Crippen LogP contribution in [0.2, 0.25) is 0 Å². The van der Waals surface area contributed by atoms with Gasteiger partial charge < -0.3 is 20.7 Å². The van der Waals surface area contributed by atoms with E-state index in [1.54, 1.807) is 0 Å². The molecule has 1 amide bonds. The third-order valence-electron chi connectivity index (χ3n) is 6.69. The highest BCUT2D eigenvalue weighted by Gasteiger charge is 2.36. The molecule has 2 fully saturated rings. The smallest absolute Gasteiger partial charge is 0.225 e. The predicted molar refractivity (Wildman–Crippen MR) is 116 cm³/mol. The van der Waals surface area contributed by atoms with Gasteiger partial charge in [0.25, 0.3) is 0 Å². The molecule has 1 aliphatic heterocycles. The first-order chi connectivity index (χ1) is 15.1. The Morgan fingerprint density at radius 2 is 2.00 bits per heavy atom. The van der Waals surface area contributed by atoms with Gasteiger partial charge in [0, 0.05) is 19.0 Å². The van der Waals surface area contributed by atoms with Crippen LogP contribution in [0, 0.1) is 5.92 Å². The Labute approximate surface area is 179 Å². The van der Waals surface area contributed by atoms with E-state index in [1.807, 2.05) is 27.8 Å². The number of carbonyl (C=O) groups excluding carboxylic acids is 1. The van der Waals surface area contributed by atoms with Crippen LogP contribution in [0.3, 0.4) is 0 Å². The largest absolute Gasteiger partial charge is 0.387 e. The molecule has 4 N–H and O–H groups in total. The van der Waals surface area contributed by atoms with Crippen LogP contribution in [-0.4, -0.2) is 53.7 Å². The molecule has 3 aliphatic rings. The van der Waals surface area contributed by atoms with Crippen molar-refractivity contribution >= 4 is 28.8 Å². The number of H-pyrrole nitrogens is 1. The fraction of sp³-hybridized carbons (Fsp3) is 0.455. The number of nitrogens with one attached hydrogen (secondary N) is 1. The Hall–Kier alpha value is -3.20. The predicted octanol–water partition coefficient (Wildman–Crippen LogP) is 2.43. The van der Waals surface area contributed by atoms with Crippen molar-refractivity contribution in [2.45, 2.75) is 44.2 Å². The number of aromatic amines is 1. The van der Waals surface area contributed by atoms with Gasteiger partial charge in [-0.15, -0.1) is 0 Å². The Morgan fingerprint density at radius 1 is 1.19 bits per heavy atom. The quantitative estimate of drug-likeness (QED) is 0.599. The topological polar surface area (TPSA) is 126 Å². The number of amides is 1. The number of anilines is 1. The van der Waals surface area contributed by atoms with E-state index in [4.69, 9.17) is 10.8 Å². The van der Waals surface area contributed by atoms with Crippen molar-refractivity contribution in [2.75, 3.05) is 18.8 Å². The van der Waals surface area contributed by atoms with Gasteiger partial charge in [-0.2, -0.15) is 5.10 Å². The summed E-state index contributed by atoms with van der Waals surface area (Å²) in [5.74, 6) is 0.945. The molecule has 1 atom stereocenters. The van der Waals surface area contributed by atoms with Gasteiger partial charge in [-0.05, 0) is 43.7 Å². The first-order valence-corrected chi connectivity index (χ1v) is 11.0. The average Bonchev–Trinajstić information content (AvgIpc) is 3.41. The third kappa shape index (κ3) is 3.03. The van der Waals surface area contributed by atoms with Gasteiger partial charge in [0.2, 0.25) is 5.91 Å². The minimum Gasteiger partial charge on any atom is -0.387 e. The average molecular weight is 419 g/mol. The van der Waals surface area contributed by atoms with Gasteiger partial charge in [-0.25, -0.2) is 14.6 Å². The highest BCUT2D eigenvalue weighted by atomic mass is 16.3. The number of likely N-dealkylation sites (tertiary alicyclic amines) is 1. The highest BCUT2D eigenvalue weighted by Crippen LogP contribution is 2.38. The minimum absolute atomic E-state index is 0.142. The number of piperidine rings is 1. The number of nitrogens with two attached hydrogens (primary N) is 1. The van der Waals surface area contributed by atoms with Crippen LogP contribution < -0.4 is 5.73 Å². The van der Waals surface area contributed by atoms with E-state index in [-0.39, 0.29) is 12.0 Å². The molecule has 1 saturated carbocycles. The zero-order valence-corrected chi connectivity index (χ0v) is 17.2. The molecule has 9 nitrogen and oxygen atoms in total. The second-order valence-electron chi connectivity index (χ2n) is 8.79. The van der Waals surface area contributed by atoms with Crippen LogP contribution in [0.1, 0.15) is 55.5 Å². The molecule has 1 unspecified atom stereocenters. The number of nitrogens with zero attached hydrogens (tertiary/aromatic N) is 5. The molecular formula is C22H25N7O2. The number of hydrogen-bond acceptors (Lipinski definition) is 6. The Bertz CT molecular complexity index is 1200. The van der Waals surface area contributed by atoms with Crippen LogP contribution >= 0.6 is 0 Å². The zero-order chi connectivity index (χ0) is 21.1. The van der Waals surface area contributed by atoms with Gasteiger partial charge in [0.05, 0.1) is 28.9 Å². The maximum atomic E-state index is 12.4. The number of aromatic nitrogens is 5. The molecule has 3 aromatic rings. The molecule has 0 radical (unpaired) electrons. The maximum absolute atomic E-state index is 12.4. The molecular weight excluding hydrogens is 394 g/mol. The molecule has 31 heavy (non-hydrogen) atoms. The lowest BCUT2D eigenvalue weighted by molar-refractivity contribution is -0.133. The van der Waals surface area contributed by atoms with Gasteiger partial charge in [-0.3, -0.25) is 4.79 Å². The second kappa shape index (κ2) is 6.91. The lowest BCUT2D eigenvalue weighted by Crippen LogP contribution is -2.40. The van der Waals surface area contributed by atoms with Crippen molar-refractivity contribution in [3.63, 3.8) is 0 Å². The molecule has 4 heterocycles. The van der Waals surface area contributed by atoms with Crippen molar-refractivity contribution in [3.8, 4) is 11.4 Å². The molecule has 0 bridgehead atoms. The fourth-order valence-electron chi connectivity index (χ4n) is 4.83. The van der Waals surface area contributed by atoms with Crippen molar-refractivity contribution in [2.24, 2.45) is 5.92 Å². The lowest BCUT2D eigenvalue weighted by Gasteiger charge is -2.32. The number of fused-ring (bicyclic) bond motifs is 2. The van der Waals surface area contributed by atoms with Crippen molar-refractivity contribution in [1.29, 1.82) is 0 Å². The SMILES string of the molecule is Nc1ncnc2c1c(-c1cc3c([nH]1)C(O)CC=C3)nn2C1CCN(C(=O)C2CC2)CC1. The minimum atomic E-state index is -0.552. The number of rotatable bonds is 3. The highest BCUT2D eigenvalue weighted by molar-refractivity contribution is 5.98. The molecule has 1 saturated heterocycles. The van der Waals surface area contributed by atoms with Gasteiger partial charge >= 0.3 is 0 Å². The monoisotopic (exact) mass is 419 g/mol. The summed E-state index contributed by atoms with van der Waals surface area (Å²) in [4.78, 5) is 26.4. The van der Waals surface area contributed by atoms with Gasteiger partial charge in [0.15, 0.2) is 5.65 Å². The second-order valence-corrected chi connectivity index (χ2v) is 8.79. The molecule has 3 aromatic heterocycles. The van der Waals surface area contributed by atoms with E-state index in [9.17, 15) is 9.90 Å². The summed E-state index contributed by atoms with van der Waals surface area (Å²) in [6.45, 7) is 1.48. The molecule has 0 aromatic carbocycles. The molecule has 9 heteroatoms. The van der Waals surface area contributed by atoms with Crippen molar-refractivity contribution < 1.29 is 9.90 Å². The van der Waals surface area contributed by atoms with Crippen LogP contribution in [0.15, 0.2) is 18.5 Å². The molecule has 0 spiro atoms. The van der Waals surface area contributed by atoms with E-state index in [1.165, 1.54) is 6.33 Å². The summed E-state index contributed by atoms with van der Waals surface area (Å²) in [5, 5.41) is 16.0. The summed E-state index contributed by atoms with van der Waals surface area (Å²) < 4.78 is 1.95. The van der Waals surface area contributed by atoms with E-state index in [2.05, 4.69) is 15.0 Å². The Kier molecular flexibility index (Phi) is 4.14. The summed E-state index contributed by atoms with van der Waals surface area (Å²) in [5.41, 5.74) is 10.2. The first-order valence-electron chi connectivity index (χ1n) is 11.0.